The second kappa shape index (κ2) is 7.83. The molecular formula is C15H22N4OS. The predicted molar refractivity (Wildman–Crippen MR) is 87.8 cm³/mol. The summed E-state index contributed by atoms with van der Waals surface area (Å²) < 4.78 is 5.55. The molecule has 114 valence electrons. The topological polar surface area (TPSA) is 73.1 Å². The fourth-order valence-electron chi connectivity index (χ4n) is 2.04. The lowest BCUT2D eigenvalue weighted by Crippen LogP contribution is -2.13. The van der Waals surface area contributed by atoms with Crippen LogP contribution in [0.5, 0.6) is 5.88 Å². The van der Waals surface area contributed by atoms with Crippen molar-refractivity contribution in [2.24, 2.45) is 0 Å². The van der Waals surface area contributed by atoms with Crippen molar-refractivity contribution < 1.29 is 4.74 Å². The summed E-state index contributed by atoms with van der Waals surface area (Å²) in [5.41, 5.74) is 6.59. The highest BCUT2D eigenvalue weighted by Gasteiger charge is 2.16. The van der Waals surface area contributed by atoms with Gasteiger partial charge in [0.25, 0.3) is 0 Å². The smallest absolute Gasteiger partial charge is 0.242 e. The van der Waals surface area contributed by atoms with Crippen LogP contribution in [0.3, 0.4) is 0 Å². The Hall–Kier alpha value is -1.82. The maximum absolute atomic E-state index is 6.11. The Morgan fingerprint density at radius 3 is 2.86 bits per heavy atom. The third kappa shape index (κ3) is 4.07. The number of nitrogen functional groups attached to an aromatic ring is 1. The molecule has 0 aliphatic carbocycles. The summed E-state index contributed by atoms with van der Waals surface area (Å²) in [5.74, 6) is 1.10. The zero-order valence-electron chi connectivity index (χ0n) is 12.5. The minimum Gasteiger partial charge on any atom is -0.476 e. The van der Waals surface area contributed by atoms with Gasteiger partial charge in [0.15, 0.2) is 5.82 Å². The lowest BCUT2D eigenvalue weighted by Gasteiger charge is -2.19. The van der Waals surface area contributed by atoms with E-state index < -0.39 is 0 Å². The molecule has 0 aliphatic rings. The van der Waals surface area contributed by atoms with E-state index in [1.807, 2.05) is 6.92 Å². The standard InChI is InChI=1S/C15H22N4OS/c1-3-6-11(12-7-5-9-21-12)19-14-13(16)15(18-10-17-14)20-8-4-2/h5,7,9-11H,3-4,6,8,16H2,1-2H3,(H,17,18,19). The molecule has 21 heavy (non-hydrogen) atoms. The van der Waals surface area contributed by atoms with Gasteiger partial charge in [0.05, 0.1) is 12.6 Å². The van der Waals surface area contributed by atoms with E-state index in [0.717, 1.165) is 19.3 Å². The Morgan fingerprint density at radius 1 is 1.33 bits per heavy atom. The molecule has 0 bridgehead atoms. The van der Waals surface area contributed by atoms with Gasteiger partial charge in [0.2, 0.25) is 5.88 Å². The van der Waals surface area contributed by atoms with Gasteiger partial charge in [-0.1, -0.05) is 26.3 Å². The lowest BCUT2D eigenvalue weighted by molar-refractivity contribution is 0.306. The Labute approximate surface area is 129 Å². The Bertz CT molecular complexity index is 545. The summed E-state index contributed by atoms with van der Waals surface area (Å²) in [6, 6.07) is 4.40. The van der Waals surface area contributed by atoms with Crippen molar-refractivity contribution in [2.45, 2.75) is 39.2 Å². The molecule has 0 saturated carbocycles. The van der Waals surface area contributed by atoms with Gasteiger partial charge in [-0.3, -0.25) is 0 Å². The number of hydrogen-bond acceptors (Lipinski definition) is 6. The van der Waals surface area contributed by atoms with Gasteiger partial charge in [-0.25, -0.2) is 4.98 Å². The van der Waals surface area contributed by atoms with Gasteiger partial charge in [0.1, 0.15) is 12.0 Å². The van der Waals surface area contributed by atoms with Gasteiger partial charge in [-0.2, -0.15) is 4.98 Å². The molecule has 0 radical (unpaired) electrons. The highest BCUT2D eigenvalue weighted by atomic mass is 32.1. The molecule has 1 unspecified atom stereocenters. The van der Waals surface area contributed by atoms with Crippen LogP contribution >= 0.6 is 11.3 Å². The molecule has 1 atom stereocenters. The van der Waals surface area contributed by atoms with Gasteiger partial charge >= 0.3 is 0 Å². The number of nitrogens with zero attached hydrogens (tertiary/aromatic N) is 2. The number of thiophene rings is 1. The Kier molecular flexibility index (Phi) is 5.80. The molecule has 0 aromatic carbocycles. The first-order valence-electron chi connectivity index (χ1n) is 7.29. The van der Waals surface area contributed by atoms with Gasteiger partial charge in [-0.15, -0.1) is 11.3 Å². The number of hydrogen-bond donors (Lipinski definition) is 2. The van der Waals surface area contributed by atoms with Crippen LogP contribution in [-0.4, -0.2) is 16.6 Å². The van der Waals surface area contributed by atoms with Gasteiger partial charge in [0, 0.05) is 4.88 Å². The molecule has 0 amide bonds. The van der Waals surface area contributed by atoms with Crippen LogP contribution in [0, 0.1) is 0 Å². The summed E-state index contributed by atoms with van der Waals surface area (Å²) in [5, 5.41) is 5.50. The zero-order valence-corrected chi connectivity index (χ0v) is 13.3. The molecule has 2 aromatic heterocycles. The van der Waals surface area contributed by atoms with Crippen LogP contribution in [0.25, 0.3) is 0 Å². The minimum absolute atomic E-state index is 0.214. The first kappa shape index (κ1) is 15.6. The van der Waals surface area contributed by atoms with Crippen LogP contribution in [0.15, 0.2) is 23.8 Å². The summed E-state index contributed by atoms with van der Waals surface area (Å²) in [7, 11) is 0. The quantitative estimate of drug-likeness (QED) is 0.774. The number of nitrogens with two attached hydrogens (primary N) is 1. The molecule has 0 spiro atoms. The van der Waals surface area contributed by atoms with E-state index in [4.69, 9.17) is 10.5 Å². The van der Waals surface area contributed by atoms with Crippen molar-refractivity contribution in [3.8, 4) is 5.88 Å². The maximum Gasteiger partial charge on any atom is 0.242 e. The van der Waals surface area contributed by atoms with Crippen LogP contribution in [0.1, 0.15) is 44.0 Å². The monoisotopic (exact) mass is 306 g/mol. The fourth-order valence-corrected chi connectivity index (χ4v) is 2.85. The number of nitrogens with one attached hydrogen (secondary N) is 1. The molecule has 6 heteroatoms. The third-order valence-electron chi connectivity index (χ3n) is 3.07. The van der Waals surface area contributed by atoms with E-state index in [1.54, 1.807) is 11.3 Å². The molecule has 0 saturated heterocycles. The van der Waals surface area contributed by atoms with E-state index in [9.17, 15) is 0 Å². The molecule has 2 aromatic rings. The molecule has 0 fully saturated rings. The number of ether oxygens (including phenoxy) is 1. The summed E-state index contributed by atoms with van der Waals surface area (Å²) in [6.07, 6.45) is 4.51. The van der Waals surface area contributed by atoms with Crippen LogP contribution in [0.4, 0.5) is 11.5 Å². The molecule has 2 rings (SSSR count). The molecule has 2 heterocycles. The molecule has 5 nitrogen and oxygen atoms in total. The van der Waals surface area contributed by atoms with Crippen molar-refractivity contribution in [1.82, 2.24) is 9.97 Å². The average Bonchev–Trinajstić information content (AvgIpc) is 3.01. The minimum atomic E-state index is 0.214. The van der Waals surface area contributed by atoms with Crippen molar-refractivity contribution in [3.63, 3.8) is 0 Å². The Balaban J connectivity index is 2.16. The highest BCUT2D eigenvalue weighted by molar-refractivity contribution is 7.10. The summed E-state index contributed by atoms with van der Waals surface area (Å²) in [4.78, 5) is 9.64. The van der Waals surface area contributed by atoms with Crippen LogP contribution in [0.2, 0.25) is 0 Å². The van der Waals surface area contributed by atoms with Crippen molar-refractivity contribution >= 4 is 22.8 Å². The number of aromatic nitrogens is 2. The van der Waals surface area contributed by atoms with E-state index in [0.29, 0.717) is 24.0 Å². The van der Waals surface area contributed by atoms with Gasteiger partial charge in [-0.05, 0) is 24.3 Å². The average molecular weight is 306 g/mol. The second-order valence-electron chi connectivity index (χ2n) is 4.79. The van der Waals surface area contributed by atoms with Crippen molar-refractivity contribution in [3.05, 3.63) is 28.7 Å². The fraction of sp³-hybridized carbons (Fsp3) is 0.467. The maximum atomic E-state index is 6.11. The number of rotatable bonds is 8. The number of anilines is 2. The SMILES string of the molecule is CCCOc1ncnc(NC(CCC)c2cccs2)c1N. The molecule has 3 N–H and O–H groups in total. The van der Waals surface area contributed by atoms with Gasteiger partial charge < -0.3 is 15.8 Å². The molecular weight excluding hydrogens is 284 g/mol. The summed E-state index contributed by atoms with van der Waals surface area (Å²) in [6.45, 7) is 4.82. The van der Waals surface area contributed by atoms with E-state index in [1.165, 1.54) is 11.2 Å². The summed E-state index contributed by atoms with van der Waals surface area (Å²) >= 11 is 1.74. The van der Waals surface area contributed by atoms with E-state index in [-0.39, 0.29) is 6.04 Å². The molecule has 0 aliphatic heterocycles. The zero-order chi connectivity index (χ0) is 15.1. The van der Waals surface area contributed by atoms with E-state index >= 15 is 0 Å². The first-order valence-corrected chi connectivity index (χ1v) is 8.17. The lowest BCUT2D eigenvalue weighted by atomic mass is 10.1. The van der Waals surface area contributed by atoms with Crippen molar-refractivity contribution in [2.75, 3.05) is 17.7 Å². The van der Waals surface area contributed by atoms with Crippen LogP contribution < -0.4 is 15.8 Å². The first-order chi connectivity index (χ1) is 10.3. The predicted octanol–water partition coefficient (Wildman–Crippen LogP) is 3.86. The normalized spacial score (nSPS) is 12.1. The second-order valence-corrected chi connectivity index (χ2v) is 5.77. The van der Waals surface area contributed by atoms with E-state index in [2.05, 4.69) is 39.7 Å². The van der Waals surface area contributed by atoms with Crippen molar-refractivity contribution in [1.29, 1.82) is 0 Å². The van der Waals surface area contributed by atoms with Crippen LogP contribution in [-0.2, 0) is 0 Å². The largest absolute Gasteiger partial charge is 0.476 e. The Morgan fingerprint density at radius 2 is 2.19 bits per heavy atom. The highest BCUT2D eigenvalue weighted by Crippen LogP contribution is 2.31. The third-order valence-corrected chi connectivity index (χ3v) is 4.05.